The van der Waals surface area contributed by atoms with Gasteiger partial charge in [-0.3, -0.25) is 0 Å². The van der Waals surface area contributed by atoms with Crippen molar-refractivity contribution in [2.24, 2.45) is 0 Å². The lowest BCUT2D eigenvalue weighted by Crippen LogP contribution is -2.08. The lowest BCUT2D eigenvalue weighted by Gasteiger charge is -2.09. The molecule has 1 heterocycles. The molecule has 114 valence electrons. The summed E-state index contributed by atoms with van der Waals surface area (Å²) >= 11 is 0. The fourth-order valence-electron chi connectivity index (χ4n) is 2.27. The molecule has 0 amide bonds. The number of hydrogen-bond donors (Lipinski definition) is 2. The first kappa shape index (κ1) is 14.7. The molecule has 2 aromatic carbocycles. The molecule has 0 unspecified atom stereocenters. The number of nitrogens with one attached hydrogen (secondary N) is 1. The third-order valence-corrected chi connectivity index (χ3v) is 3.46. The van der Waals surface area contributed by atoms with E-state index in [0.717, 1.165) is 16.7 Å². The predicted molar refractivity (Wildman–Crippen MR) is 88.2 cm³/mol. The summed E-state index contributed by atoms with van der Waals surface area (Å²) in [5.41, 5.74) is 3.73. The Bertz CT molecular complexity index is 802. The van der Waals surface area contributed by atoms with Gasteiger partial charge in [0.2, 0.25) is 0 Å². The minimum absolute atomic E-state index is 0.0269. The average molecular weight is 305 g/mol. The summed E-state index contributed by atoms with van der Waals surface area (Å²) in [4.78, 5) is 18.7. The summed E-state index contributed by atoms with van der Waals surface area (Å²) < 4.78 is 0. The van der Waals surface area contributed by atoms with E-state index in [2.05, 4.69) is 27.4 Å². The molecule has 23 heavy (non-hydrogen) atoms. The highest BCUT2D eigenvalue weighted by Gasteiger charge is 2.11. The van der Waals surface area contributed by atoms with Crippen molar-refractivity contribution in [1.29, 1.82) is 0 Å². The van der Waals surface area contributed by atoms with Gasteiger partial charge in [-0.2, -0.15) is 0 Å². The Balaban J connectivity index is 1.71. The van der Waals surface area contributed by atoms with Crippen LogP contribution in [0.15, 0.2) is 67.1 Å². The van der Waals surface area contributed by atoms with Crippen molar-refractivity contribution < 1.29 is 9.90 Å². The van der Waals surface area contributed by atoms with Crippen molar-refractivity contribution in [3.05, 3.63) is 78.4 Å². The van der Waals surface area contributed by atoms with E-state index < -0.39 is 5.97 Å². The molecule has 5 heteroatoms. The standard InChI is InChI=1S/C18H15N3O2/c22-18(23)17-16(11-19-12-21-17)20-10-13-6-8-15(9-7-13)14-4-2-1-3-5-14/h1-9,11-12,20H,10H2,(H,22,23). The number of nitrogens with zero attached hydrogens (tertiary/aromatic N) is 2. The predicted octanol–water partition coefficient (Wildman–Crippen LogP) is 3.45. The second kappa shape index (κ2) is 6.70. The van der Waals surface area contributed by atoms with Gasteiger partial charge in [-0.15, -0.1) is 0 Å². The second-order valence-corrected chi connectivity index (χ2v) is 5.01. The third kappa shape index (κ3) is 3.52. The normalized spacial score (nSPS) is 10.3. The first-order chi connectivity index (χ1) is 11.2. The van der Waals surface area contributed by atoms with Gasteiger partial charge in [0.25, 0.3) is 0 Å². The largest absolute Gasteiger partial charge is 0.476 e. The number of aromatic carboxylic acids is 1. The Morgan fingerprint density at radius 3 is 2.39 bits per heavy atom. The van der Waals surface area contributed by atoms with E-state index in [1.807, 2.05) is 42.5 Å². The van der Waals surface area contributed by atoms with Gasteiger partial charge in [0.05, 0.1) is 11.9 Å². The van der Waals surface area contributed by atoms with Crippen LogP contribution >= 0.6 is 0 Å². The number of benzene rings is 2. The van der Waals surface area contributed by atoms with Crippen LogP contribution in [0, 0.1) is 0 Å². The van der Waals surface area contributed by atoms with Crippen LogP contribution < -0.4 is 5.32 Å². The summed E-state index contributed by atoms with van der Waals surface area (Å²) in [5, 5.41) is 12.2. The molecule has 0 fully saturated rings. The molecule has 3 aromatic rings. The van der Waals surface area contributed by atoms with Crippen molar-refractivity contribution in [2.45, 2.75) is 6.54 Å². The summed E-state index contributed by atoms with van der Waals surface area (Å²) in [7, 11) is 0. The summed E-state index contributed by atoms with van der Waals surface area (Å²) in [6.45, 7) is 0.503. The lowest BCUT2D eigenvalue weighted by molar-refractivity contribution is 0.0691. The van der Waals surface area contributed by atoms with Crippen molar-refractivity contribution in [2.75, 3.05) is 5.32 Å². The van der Waals surface area contributed by atoms with Crippen LogP contribution in [0.1, 0.15) is 16.1 Å². The van der Waals surface area contributed by atoms with E-state index in [1.165, 1.54) is 12.5 Å². The maximum Gasteiger partial charge on any atom is 0.356 e. The molecular weight excluding hydrogens is 290 g/mol. The topological polar surface area (TPSA) is 75.1 Å². The minimum atomic E-state index is -1.07. The van der Waals surface area contributed by atoms with E-state index in [1.54, 1.807) is 0 Å². The maximum absolute atomic E-state index is 11.1. The number of aromatic nitrogens is 2. The molecule has 0 spiro atoms. The molecule has 0 saturated carbocycles. The van der Waals surface area contributed by atoms with E-state index in [4.69, 9.17) is 5.11 Å². The van der Waals surface area contributed by atoms with Crippen molar-refractivity contribution in [1.82, 2.24) is 9.97 Å². The van der Waals surface area contributed by atoms with Gasteiger partial charge in [-0.1, -0.05) is 54.6 Å². The number of carboxylic acids is 1. The Kier molecular flexibility index (Phi) is 4.29. The first-order valence-corrected chi connectivity index (χ1v) is 7.15. The highest BCUT2D eigenvalue weighted by atomic mass is 16.4. The number of anilines is 1. The highest BCUT2D eigenvalue weighted by Crippen LogP contribution is 2.20. The Morgan fingerprint density at radius 1 is 1.00 bits per heavy atom. The molecule has 0 atom stereocenters. The fourth-order valence-corrected chi connectivity index (χ4v) is 2.27. The van der Waals surface area contributed by atoms with Crippen LogP contribution in [0.2, 0.25) is 0 Å². The second-order valence-electron chi connectivity index (χ2n) is 5.01. The van der Waals surface area contributed by atoms with E-state index in [9.17, 15) is 4.79 Å². The summed E-state index contributed by atoms with van der Waals surface area (Å²) in [6, 6.07) is 18.3. The van der Waals surface area contributed by atoms with Crippen LogP contribution in [0.3, 0.4) is 0 Å². The fraction of sp³-hybridized carbons (Fsp3) is 0.0556. The summed E-state index contributed by atoms with van der Waals surface area (Å²) in [6.07, 6.45) is 2.69. The Labute approximate surface area is 133 Å². The Hall–Kier alpha value is -3.21. The molecule has 0 aliphatic rings. The molecule has 0 bridgehead atoms. The lowest BCUT2D eigenvalue weighted by atomic mass is 10.0. The number of carboxylic acid groups (broad SMARTS) is 1. The molecule has 2 N–H and O–H groups in total. The quantitative estimate of drug-likeness (QED) is 0.755. The number of hydrogen-bond acceptors (Lipinski definition) is 4. The molecule has 1 aromatic heterocycles. The van der Waals surface area contributed by atoms with Crippen LogP contribution in [-0.2, 0) is 6.54 Å². The summed E-state index contributed by atoms with van der Waals surface area (Å²) in [5.74, 6) is -1.07. The number of carbonyl (C=O) groups is 1. The third-order valence-electron chi connectivity index (χ3n) is 3.46. The van der Waals surface area contributed by atoms with Gasteiger partial charge < -0.3 is 10.4 Å². The van der Waals surface area contributed by atoms with Gasteiger partial charge in [0.15, 0.2) is 5.69 Å². The zero-order valence-corrected chi connectivity index (χ0v) is 12.3. The zero-order chi connectivity index (χ0) is 16.1. The highest BCUT2D eigenvalue weighted by molar-refractivity contribution is 5.91. The zero-order valence-electron chi connectivity index (χ0n) is 12.3. The monoisotopic (exact) mass is 305 g/mol. The SMILES string of the molecule is O=C(O)c1ncncc1NCc1ccc(-c2ccccc2)cc1. The van der Waals surface area contributed by atoms with Crippen molar-refractivity contribution in [3.63, 3.8) is 0 Å². The van der Waals surface area contributed by atoms with E-state index in [-0.39, 0.29) is 5.69 Å². The minimum Gasteiger partial charge on any atom is -0.476 e. The molecular formula is C18H15N3O2. The van der Waals surface area contributed by atoms with Gasteiger partial charge >= 0.3 is 5.97 Å². The first-order valence-electron chi connectivity index (χ1n) is 7.15. The van der Waals surface area contributed by atoms with E-state index in [0.29, 0.717) is 12.2 Å². The van der Waals surface area contributed by atoms with Crippen LogP contribution in [0.4, 0.5) is 5.69 Å². The number of rotatable bonds is 5. The van der Waals surface area contributed by atoms with Crippen LogP contribution in [-0.4, -0.2) is 21.0 Å². The molecule has 0 aliphatic heterocycles. The molecule has 0 aliphatic carbocycles. The van der Waals surface area contributed by atoms with Crippen molar-refractivity contribution in [3.8, 4) is 11.1 Å². The molecule has 0 saturated heterocycles. The van der Waals surface area contributed by atoms with Gasteiger partial charge in [-0.05, 0) is 16.7 Å². The maximum atomic E-state index is 11.1. The smallest absolute Gasteiger partial charge is 0.356 e. The van der Waals surface area contributed by atoms with Gasteiger partial charge in [0, 0.05) is 6.54 Å². The van der Waals surface area contributed by atoms with Gasteiger partial charge in [-0.25, -0.2) is 14.8 Å². The molecule has 3 rings (SSSR count). The van der Waals surface area contributed by atoms with E-state index >= 15 is 0 Å². The van der Waals surface area contributed by atoms with Crippen LogP contribution in [0.25, 0.3) is 11.1 Å². The van der Waals surface area contributed by atoms with Crippen molar-refractivity contribution >= 4 is 11.7 Å². The average Bonchev–Trinajstić information content (AvgIpc) is 2.61. The molecule has 0 radical (unpaired) electrons. The van der Waals surface area contributed by atoms with Crippen LogP contribution in [0.5, 0.6) is 0 Å². The molecule has 5 nitrogen and oxygen atoms in total. The van der Waals surface area contributed by atoms with Gasteiger partial charge in [0.1, 0.15) is 6.33 Å². The Morgan fingerprint density at radius 2 is 1.70 bits per heavy atom.